The summed E-state index contributed by atoms with van der Waals surface area (Å²) in [6.45, 7) is 5.74. The van der Waals surface area contributed by atoms with Crippen molar-refractivity contribution in [2.45, 2.75) is 51.7 Å². The summed E-state index contributed by atoms with van der Waals surface area (Å²) in [6, 6.07) is -0.179. The zero-order valence-electron chi connectivity index (χ0n) is 9.40. The van der Waals surface area contributed by atoms with Crippen molar-refractivity contribution in [2.24, 2.45) is 0 Å². The van der Waals surface area contributed by atoms with E-state index >= 15 is 0 Å². The van der Waals surface area contributed by atoms with Crippen LogP contribution in [0.2, 0.25) is 0 Å². The van der Waals surface area contributed by atoms with Crippen LogP contribution in [0.3, 0.4) is 0 Å². The van der Waals surface area contributed by atoms with Gasteiger partial charge >= 0.3 is 0 Å². The van der Waals surface area contributed by atoms with Crippen LogP contribution in [0.5, 0.6) is 0 Å². The highest BCUT2D eigenvalue weighted by Gasteiger charge is 2.36. The van der Waals surface area contributed by atoms with Crippen molar-refractivity contribution in [3.8, 4) is 0 Å². The van der Waals surface area contributed by atoms with E-state index in [2.05, 4.69) is 5.32 Å². The largest absolute Gasteiger partial charge is 0.374 e. The fourth-order valence-electron chi connectivity index (χ4n) is 1.91. The number of hydrogen-bond donors (Lipinski definition) is 2. The molecule has 0 spiro atoms. The minimum absolute atomic E-state index is 0.119. The Bertz CT molecular complexity index is 221. The summed E-state index contributed by atoms with van der Waals surface area (Å²) in [4.78, 5) is 11.0. The molecule has 1 amide bonds. The molecule has 0 aromatic carbocycles. The van der Waals surface area contributed by atoms with Gasteiger partial charge in [-0.05, 0) is 13.8 Å². The Morgan fingerprint density at radius 3 is 2.87 bits per heavy atom. The maximum atomic E-state index is 11.0. The van der Waals surface area contributed by atoms with Crippen molar-refractivity contribution in [1.29, 1.82) is 0 Å². The van der Waals surface area contributed by atoms with Crippen molar-refractivity contribution >= 4 is 5.91 Å². The van der Waals surface area contributed by atoms with Crippen LogP contribution in [0, 0.1) is 0 Å². The van der Waals surface area contributed by atoms with Gasteiger partial charge in [0, 0.05) is 20.0 Å². The molecule has 5 heteroatoms. The number of carbonyl (C=O) groups is 1. The second kappa shape index (κ2) is 5.44. The van der Waals surface area contributed by atoms with Gasteiger partial charge in [0.25, 0.3) is 0 Å². The molecule has 4 atom stereocenters. The van der Waals surface area contributed by atoms with E-state index in [0.29, 0.717) is 13.0 Å². The summed E-state index contributed by atoms with van der Waals surface area (Å²) >= 11 is 0. The Kier molecular flexibility index (Phi) is 4.50. The number of nitrogens with one attached hydrogen (secondary N) is 1. The lowest BCUT2D eigenvalue weighted by atomic mass is 9.99. The molecule has 2 N–H and O–H groups in total. The maximum absolute atomic E-state index is 11.0. The molecule has 0 unspecified atom stereocenters. The second-order valence-corrected chi connectivity index (χ2v) is 3.76. The van der Waals surface area contributed by atoms with Crippen molar-refractivity contribution in [2.75, 3.05) is 6.61 Å². The Morgan fingerprint density at radius 2 is 2.33 bits per heavy atom. The predicted octanol–water partition coefficient (Wildman–Crippen LogP) is 0.0234. The topological polar surface area (TPSA) is 67.8 Å². The Labute approximate surface area is 89.8 Å². The fourth-order valence-corrected chi connectivity index (χ4v) is 1.91. The standard InChI is InChI=1S/C10H19NO4/c1-4-14-10-6(2)15-9(13)5-8(10)11-7(3)12/h6,8-10,13H,4-5H2,1-3H3,(H,11,12)/t6-,8+,9+,10+/m1/s1. The first kappa shape index (κ1) is 12.4. The summed E-state index contributed by atoms with van der Waals surface area (Å²) in [5, 5.41) is 12.2. The predicted molar refractivity (Wildman–Crippen MR) is 54.2 cm³/mol. The van der Waals surface area contributed by atoms with E-state index in [1.165, 1.54) is 6.92 Å². The van der Waals surface area contributed by atoms with Crippen LogP contribution in [0.15, 0.2) is 0 Å². The molecule has 15 heavy (non-hydrogen) atoms. The molecule has 1 rings (SSSR count). The maximum Gasteiger partial charge on any atom is 0.217 e. The molecular weight excluding hydrogens is 198 g/mol. The van der Waals surface area contributed by atoms with E-state index in [0.717, 1.165) is 0 Å². The zero-order chi connectivity index (χ0) is 11.4. The third-order valence-electron chi connectivity index (χ3n) is 2.43. The van der Waals surface area contributed by atoms with Gasteiger partial charge in [0.05, 0.1) is 12.1 Å². The van der Waals surface area contributed by atoms with Gasteiger partial charge in [0.2, 0.25) is 5.91 Å². The Morgan fingerprint density at radius 1 is 1.67 bits per heavy atom. The second-order valence-electron chi connectivity index (χ2n) is 3.76. The van der Waals surface area contributed by atoms with Crippen LogP contribution in [0.4, 0.5) is 0 Å². The molecule has 1 aliphatic heterocycles. The first-order valence-electron chi connectivity index (χ1n) is 5.26. The van der Waals surface area contributed by atoms with Gasteiger partial charge in [-0.25, -0.2) is 0 Å². The van der Waals surface area contributed by atoms with Crippen LogP contribution in [0.25, 0.3) is 0 Å². The molecule has 0 bridgehead atoms. The van der Waals surface area contributed by atoms with Crippen molar-refractivity contribution < 1.29 is 19.4 Å². The van der Waals surface area contributed by atoms with E-state index < -0.39 is 6.29 Å². The van der Waals surface area contributed by atoms with E-state index in [-0.39, 0.29) is 24.2 Å². The number of carbonyl (C=O) groups excluding carboxylic acids is 1. The van der Waals surface area contributed by atoms with Gasteiger partial charge in [-0.15, -0.1) is 0 Å². The molecular formula is C10H19NO4. The van der Waals surface area contributed by atoms with E-state index in [4.69, 9.17) is 9.47 Å². The zero-order valence-corrected chi connectivity index (χ0v) is 9.40. The lowest BCUT2D eigenvalue weighted by Gasteiger charge is -2.38. The van der Waals surface area contributed by atoms with Crippen molar-refractivity contribution in [1.82, 2.24) is 5.32 Å². The van der Waals surface area contributed by atoms with Crippen LogP contribution < -0.4 is 5.32 Å². The lowest BCUT2D eigenvalue weighted by molar-refractivity contribution is -0.212. The third kappa shape index (κ3) is 3.44. The molecule has 0 aromatic heterocycles. The molecule has 1 fully saturated rings. The minimum Gasteiger partial charge on any atom is -0.374 e. The van der Waals surface area contributed by atoms with Gasteiger partial charge in [0.1, 0.15) is 6.10 Å². The average molecular weight is 217 g/mol. The molecule has 1 saturated heterocycles. The molecule has 1 heterocycles. The third-order valence-corrected chi connectivity index (χ3v) is 2.43. The number of rotatable bonds is 3. The van der Waals surface area contributed by atoms with Crippen molar-refractivity contribution in [3.63, 3.8) is 0 Å². The number of aliphatic hydroxyl groups is 1. The molecule has 0 radical (unpaired) electrons. The van der Waals surface area contributed by atoms with Gasteiger partial charge < -0.3 is 19.9 Å². The van der Waals surface area contributed by atoms with Crippen LogP contribution >= 0.6 is 0 Å². The first-order chi connectivity index (χ1) is 7.04. The SMILES string of the molecule is CCO[C@@H]1[C@@H](NC(C)=O)C[C@@H](O)O[C@@H]1C. The van der Waals surface area contributed by atoms with E-state index in [1.807, 2.05) is 13.8 Å². The van der Waals surface area contributed by atoms with Crippen LogP contribution in [-0.4, -0.2) is 42.2 Å². The summed E-state index contributed by atoms with van der Waals surface area (Å²) in [6.07, 6.45) is -0.865. The monoisotopic (exact) mass is 217 g/mol. The highest BCUT2D eigenvalue weighted by Crippen LogP contribution is 2.21. The number of ether oxygens (including phenoxy) is 2. The molecule has 0 saturated carbocycles. The van der Waals surface area contributed by atoms with Crippen LogP contribution in [-0.2, 0) is 14.3 Å². The summed E-state index contributed by atoms with van der Waals surface area (Å²) in [7, 11) is 0. The quantitative estimate of drug-likeness (QED) is 0.699. The van der Waals surface area contributed by atoms with E-state index in [1.54, 1.807) is 0 Å². The first-order valence-corrected chi connectivity index (χ1v) is 5.26. The van der Waals surface area contributed by atoms with E-state index in [9.17, 15) is 9.90 Å². The summed E-state index contributed by atoms with van der Waals surface area (Å²) < 4.78 is 10.7. The Hall–Kier alpha value is -0.650. The van der Waals surface area contributed by atoms with Gasteiger partial charge in [0.15, 0.2) is 6.29 Å². The number of aliphatic hydroxyl groups excluding tert-OH is 1. The number of amides is 1. The highest BCUT2D eigenvalue weighted by molar-refractivity contribution is 5.73. The average Bonchev–Trinajstić information content (AvgIpc) is 2.10. The minimum atomic E-state index is -0.825. The highest BCUT2D eigenvalue weighted by atomic mass is 16.6. The van der Waals surface area contributed by atoms with Gasteiger partial charge in [-0.1, -0.05) is 0 Å². The van der Waals surface area contributed by atoms with Crippen molar-refractivity contribution in [3.05, 3.63) is 0 Å². The normalized spacial score (nSPS) is 36.3. The van der Waals surface area contributed by atoms with Crippen LogP contribution in [0.1, 0.15) is 27.2 Å². The summed E-state index contributed by atoms with van der Waals surface area (Å²) in [5.74, 6) is -0.119. The van der Waals surface area contributed by atoms with Gasteiger partial charge in [-0.2, -0.15) is 0 Å². The molecule has 5 nitrogen and oxygen atoms in total. The lowest BCUT2D eigenvalue weighted by Crippen LogP contribution is -2.55. The Balaban J connectivity index is 2.63. The molecule has 0 aliphatic carbocycles. The number of hydrogen-bond acceptors (Lipinski definition) is 4. The molecule has 1 aliphatic rings. The fraction of sp³-hybridized carbons (Fsp3) is 0.900. The molecule has 88 valence electrons. The smallest absolute Gasteiger partial charge is 0.217 e. The summed E-state index contributed by atoms with van der Waals surface area (Å²) in [5.41, 5.74) is 0. The van der Waals surface area contributed by atoms with Gasteiger partial charge in [-0.3, -0.25) is 4.79 Å². The molecule has 0 aromatic rings.